The molecule has 0 radical (unpaired) electrons. The molecule has 4 aromatic heterocycles. The highest BCUT2D eigenvalue weighted by Gasteiger charge is 2.43. The van der Waals surface area contributed by atoms with Gasteiger partial charge in [-0.2, -0.15) is 41.4 Å². The number of piperidine rings is 2. The van der Waals surface area contributed by atoms with Crippen LogP contribution in [0.25, 0.3) is 0 Å². The van der Waals surface area contributed by atoms with Gasteiger partial charge in [-0.05, 0) is 132 Å². The Morgan fingerprint density at radius 1 is 0.638 bits per heavy atom. The van der Waals surface area contributed by atoms with E-state index in [1.807, 2.05) is 24.3 Å². The Hall–Kier alpha value is -5.32. The number of benzene rings is 2. The van der Waals surface area contributed by atoms with Crippen LogP contribution in [0.2, 0.25) is 10.3 Å². The largest absolute Gasteiger partial charge is 0.424 e. The number of anilines is 2. The molecule has 6 aromatic rings. The fourth-order valence-corrected chi connectivity index (χ4v) is 10.3. The third-order valence-electron chi connectivity index (χ3n) is 12.9. The van der Waals surface area contributed by atoms with Gasteiger partial charge in [0.2, 0.25) is 4.73 Å². The van der Waals surface area contributed by atoms with Gasteiger partial charge >= 0.3 is 24.4 Å². The van der Waals surface area contributed by atoms with Crippen LogP contribution in [0.3, 0.4) is 0 Å². The second-order valence-electron chi connectivity index (χ2n) is 17.3. The lowest BCUT2D eigenvalue weighted by atomic mass is 9.82. The van der Waals surface area contributed by atoms with Crippen molar-refractivity contribution in [2.24, 2.45) is 49.4 Å². The zero-order chi connectivity index (χ0) is 49.4. The number of nitrogens with zero attached hydrogens (tertiary/aromatic N) is 10. The maximum Gasteiger partial charge on any atom is 0.419 e. The Labute approximate surface area is 409 Å². The molecule has 2 aliphatic heterocycles. The lowest BCUT2D eigenvalue weighted by molar-refractivity contribution is -0.140. The number of alkyl halides is 6. The predicted octanol–water partition coefficient (Wildman–Crippen LogP) is 11.0. The third-order valence-corrected chi connectivity index (χ3v) is 13.6. The molecule has 2 saturated heterocycles. The zero-order valence-electron chi connectivity index (χ0n) is 36.8. The molecule has 2 saturated carbocycles. The number of pyridine rings is 2. The number of hydrogen-bond acceptors (Lipinski definition) is 11. The van der Waals surface area contributed by atoms with Crippen molar-refractivity contribution in [2.45, 2.75) is 50.5 Å². The number of aryl methyl sites for hydroxylation is 2. The minimum atomic E-state index is -4.82. The monoisotopic (exact) mass is 1070 g/mol. The summed E-state index contributed by atoms with van der Waals surface area (Å²) in [5, 5.41) is 9.26. The number of aromatic nitrogens is 8. The van der Waals surface area contributed by atoms with Gasteiger partial charge in [0.1, 0.15) is 33.4 Å². The quantitative estimate of drug-likeness (QED) is 0.115. The van der Waals surface area contributed by atoms with Crippen molar-refractivity contribution >= 4 is 50.5 Å². The van der Waals surface area contributed by atoms with Gasteiger partial charge in [0.25, 0.3) is 0 Å². The van der Waals surface area contributed by atoms with E-state index in [9.17, 15) is 35.1 Å². The minimum absolute atomic E-state index is 0.0217. The van der Waals surface area contributed by atoms with Crippen molar-refractivity contribution < 1.29 is 44.6 Å². The Morgan fingerprint density at radius 2 is 1.07 bits per heavy atom. The molecule has 4 unspecified atom stereocenters. The van der Waals surface area contributed by atoms with Crippen molar-refractivity contribution in [2.75, 3.05) is 36.0 Å². The van der Waals surface area contributed by atoms with Crippen LogP contribution in [0.15, 0.2) is 77.8 Å². The predicted molar refractivity (Wildman–Crippen MR) is 243 cm³/mol. The van der Waals surface area contributed by atoms with Crippen LogP contribution < -0.4 is 25.0 Å². The van der Waals surface area contributed by atoms with Crippen molar-refractivity contribution in [3.05, 3.63) is 117 Å². The normalized spacial score (nSPS) is 21.9. The summed E-state index contributed by atoms with van der Waals surface area (Å²) in [5.41, 5.74) is 5.66. The fourth-order valence-electron chi connectivity index (χ4n) is 9.55. The standard InChI is InChI=1S/C23H22ClF4N5O.C12H16ClN3.C10H6BrF4N3O/c1-32-22(34-16-4-5-19(25)18(9-16)23(26,27)28)30-21(31-32)10-17-13-2-3-14(17)12-33(11-13)15-6-7-29-20(24)8-15;13-11-5-10(3-4-15-11)16-6-8-1-2-9(7-16)12(8)14;1-18-9(16-8(11)17-18)19-5-2-3-7(12)6(4-5)10(13,14)15/h4-9,13-14,17H,2-3,10-12H2,1H3;3-5,8-9,12H,1-2,6-7,14H2;2-4H,1H3. The van der Waals surface area contributed by atoms with Gasteiger partial charge in [-0.1, -0.05) is 23.2 Å². The van der Waals surface area contributed by atoms with Crippen LogP contribution in [-0.4, -0.2) is 71.7 Å². The van der Waals surface area contributed by atoms with E-state index in [0.717, 1.165) is 62.9 Å². The molecule has 69 heavy (non-hydrogen) atoms. The van der Waals surface area contributed by atoms with Gasteiger partial charge < -0.3 is 25.0 Å². The first-order valence-electron chi connectivity index (χ1n) is 21.7. The lowest BCUT2D eigenvalue weighted by Gasteiger charge is -2.39. The second kappa shape index (κ2) is 20.6. The van der Waals surface area contributed by atoms with Crippen molar-refractivity contribution in [1.29, 1.82) is 0 Å². The molecule has 2 N–H and O–H groups in total. The van der Waals surface area contributed by atoms with E-state index in [2.05, 4.69) is 55.9 Å². The van der Waals surface area contributed by atoms with Crippen LogP contribution >= 0.6 is 39.1 Å². The molecule has 4 aliphatic rings. The lowest BCUT2D eigenvalue weighted by Crippen LogP contribution is -2.48. The summed E-state index contributed by atoms with van der Waals surface area (Å²) in [7, 11) is 3.12. The second-order valence-corrected chi connectivity index (χ2v) is 18.8. The topological polar surface area (TPSA) is 138 Å². The number of ether oxygens (including phenoxy) is 2. The number of rotatable bonds is 8. The van der Waals surface area contributed by atoms with Crippen molar-refractivity contribution in [1.82, 2.24) is 39.5 Å². The highest BCUT2D eigenvalue weighted by atomic mass is 79.9. The van der Waals surface area contributed by atoms with Gasteiger partial charge in [0.05, 0.1) is 11.1 Å². The maximum atomic E-state index is 13.6. The summed E-state index contributed by atoms with van der Waals surface area (Å²) in [6.07, 6.45) is -0.656. The maximum absolute atomic E-state index is 13.6. The SMILES string of the molecule is Cn1nc(Br)nc1Oc1ccc(F)c(C(F)(F)F)c1.Cn1nc(CC2C3CCC2CN(c2ccnc(Cl)c2)C3)nc1Oc1ccc(F)c(C(F)(F)F)c1.NC1C2CCC1CN(c1ccnc(Cl)c1)C2. The number of hydrogen-bond donors (Lipinski definition) is 1. The van der Waals surface area contributed by atoms with E-state index in [-0.39, 0.29) is 28.3 Å². The van der Waals surface area contributed by atoms with Gasteiger partial charge in [0, 0.05) is 76.5 Å². The first-order chi connectivity index (χ1) is 32.7. The van der Waals surface area contributed by atoms with E-state index in [1.165, 1.54) is 34.9 Å². The van der Waals surface area contributed by atoms with Gasteiger partial charge in [-0.15, -0.1) is 5.10 Å². The molecule has 2 aromatic carbocycles. The summed E-state index contributed by atoms with van der Waals surface area (Å²) < 4.78 is 117. The molecule has 24 heteroatoms. The minimum Gasteiger partial charge on any atom is -0.424 e. The van der Waals surface area contributed by atoms with Crippen molar-refractivity contribution in [3.8, 4) is 23.5 Å². The average Bonchev–Trinajstić information content (AvgIpc) is 3.91. The number of halogens is 11. The summed E-state index contributed by atoms with van der Waals surface area (Å²) in [4.78, 5) is 21.0. The van der Waals surface area contributed by atoms with Crippen LogP contribution in [0.5, 0.6) is 23.5 Å². The van der Waals surface area contributed by atoms with E-state index >= 15 is 0 Å². The van der Waals surface area contributed by atoms with E-state index in [0.29, 0.717) is 76.4 Å². The smallest absolute Gasteiger partial charge is 0.419 e. The van der Waals surface area contributed by atoms with Crippen LogP contribution in [0.1, 0.15) is 42.6 Å². The van der Waals surface area contributed by atoms with E-state index in [4.69, 9.17) is 38.4 Å². The molecule has 4 fully saturated rings. The molecule has 0 amide bonds. The third kappa shape index (κ3) is 12.0. The molecule has 4 bridgehead atoms. The Morgan fingerprint density at radius 3 is 1.51 bits per heavy atom. The Kier molecular flexibility index (Phi) is 14.9. The summed E-state index contributed by atoms with van der Waals surface area (Å²) in [5.74, 6) is 0.210. The molecular formula is C45H44BrCl2F8N11O2. The van der Waals surface area contributed by atoms with Crippen LogP contribution in [0.4, 0.5) is 46.5 Å². The highest BCUT2D eigenvalue weighted by molar-refractivity contribution is 9.10. The average molecular weight is 1070 g/mol. The van der Waals surface area contributed by atoms with Crippen LogP contribution in [0, 0.1) is 41.2 Å². The fraction of sp³-hybridized carbons (Fsp3) is 0.422. The molecule has 6 heterocycles. The van der Waals surface area contributed by atoms with E-state index in [1.54, 1.807) is 19.4 Å². The number of fused-ring (bicyclic) bond motifs is 4. The molecular weight excluding hydrogens is 1030 g/mol. The van der Waals surface area contributed by atoms with Crippen molar-refractivity contribution in [3.63, 3.8) is 0 Å². The molecule has 0 spiro atoms. The van der Waals surface area contributed by atoms with Gasteiger partial charge in [-0.3, -0.25) is 0 Å². The summed E-state index contributed by atoms with van der Waals surface area (Å²) >= 11 is 15.0. The molecule has 4 atom stereocenters. The molecule has 13 nitrogen and oxygen atoms in total. The molecule has 2 aliphatic carbocycles. The van der Waals surface area contributed by atoms with E-state index < -0.39 is 35.1 Å². The van der Waals surface area contributed by atoms with Gasteiger partial charge in [-0.25, -0.2) is 28.1 Å². The molecule has 10 rings (SSSR count). The summed E-state index contributed by atoms with van der Waals surface area (Å²) in [6.45, 7) is 3.96. The first-order valence-corrected chi connectivity index (χ1v) is 23.3. The zero-order valence-corrected chi connectivity index (χ0v) is 39.9. The highest BCUT2D eigenvalue weighted by Crippen LogP contribution is 2.45. The van der Waals surface area contributed by atoms with Gasteiger partial charge in [0.15, 0.2) is 5.82 Å². The Bertz CT molecular complexity index is 2730. The summed E-state index contributed by atoms with van der Waals surface area (Å²) in [6, 6.07) is 13.1. The Balaban J connectivity index is 0.000000154. The molecule has 368 valence electrons. The van der Waals surface area contributed by atoms with Crippen LogP contribution in [-0.2, 0) is 32.9 Å². The first kappa shape index (κ1) is 50.1. The number of nitrogens with two attached hydrogens (primary N) is 1.